The third-order valence-corrected chi connectivity index (χ3v) is 6.00. The third kappa shape index (κ3) is 4.22. The van der Waals surface area contributed by atoms with Crippen molar-refractivity contribution in [3.8, 4) is 11.5 Å². The smallest absolute Gasteiger partial charge is 0.334 e. The van der Waals surface area contributed by atoms with Crippen molar-refractivity contribution in [2.75, 3.05) is 19.7 Å². The van der Waals surface area contributed by atoms with Gasteiger partial charge in [-0.05, 0) is 38.5 Å². The highest BCUT2D eigenvalue weighted by atomic mass is 16.6. The van der Waals surface area contributed by atoms with Crippen molar-refractivity contribution < 1.29 is 28.7 Å². The molecule has 0 N–H and O–H groups in total. The van der Waals surface area contributed by atoms with Crippen LogP contribution in [0.3, 0.4) is 0 Å². The molecule has 0 spiro atoms. The highest BCUT2D eigenvalue weighted by Crippen LogP contribution is 2.31. The molecule has 0 radical (unpaired) electrons. The molecule has 2 aromatic rings. The standard InChI is InChI=1S/C24H27N3O6/c1-4-5-10-25-22(29)23(30)27(24(25)31)13-19(28)18-11-15(2)26(16(18)3)12-17-14-32-20-8-6-7-9-21(20)33-17/h6-9,11,17H,4-5,10,12-14H2,1-3H3. The first kappa shape index (κ1) is 22.6. The van der Waals surface area contributed by atoms with Crippen LogP contribution in [-0.2, 0) is 16.1 Å². The average Bonchev–Trinajstić information content (AvgIpc) is 3.20. The molecule has 33 heavy (non-hydrogen) atoms. The van der Waals surface area contributed by atoms with Crippen molar-refractivity contribution in [1.29, 1.82) is 0 Å². The summed E-state index contributed by atoms with van der Waals surface area (Å²) in [7, 11) is 0. The number of imide groups is 2. The second-order valence-electron chi connectivity index (χ2n) is 8.30. The first-order valence-corrected chi connectivity index (χ1v) is 11.1. The third-order valence-electron chi connectivity index (χ3n) is 6.00. The summed E-state index contributed by atoms with van der Waals surface area (Å²) < 4.78 is 13.8. The van der Waals surface area contributed by atoms with Gasteiger partial charge in [-0.3, -0.25) is 19.3 Å². The topological polar surface area (TPSA) is 98.2 Å². The zero-order valence-electron chi connectivity index (χ0n) is 19.0. The van der Waals surface area contributed by atoms with Crippen LogP contribution < -0.4 is 9.47 Å². The molecular weight excluding hydrogens is 426 g/mol. The summed E-state index contributed by atoms with van der Waals surface area (Å²) in [6.45, 7) is 6.17. The molecule has 1 aromatic heterocycles. The highest BCUT2D eigenvalue weighted by Gasteiger charge is 2.45. The SMILES string of the molecule is CCCCN1C(=O)C(=O)N(CC(=O)c2cc(C)n(CC3COc4ccccc4O3)c2C)C1=O. The molecule has 1 atom stereocenters. The van der Waals surface area contributed by atoms with Crippen molar-refractivity contribution in [3.05, 3.63) is 47.3 Å². The number of ether oxygens (including phenoxy) is 2. The van der Waals surface area contributed by atoms with E-state index in [-0.39, 0.29) is 12.6 Å². The number of hydrogen-bond acceptors (Lipinski definition) is 6. The van der Waals surface area contributed by atoms with Crippen LogP contribution in [0.1, 0.15) is 41.5 Å². The predicted octanol–water partition coefficient (Wildman–Crippen LogP) is 2.72. The van der Waals surface area contributed by atoms with Gasteiger partial charge in [0.2, 0.25) is 0 Å². The monoisotopic (exact) mass is 453 g/mol. The van der Waals surface area contributed by atoms with Gasteiger partial charge in [0.05, 0.1) is 13.1 Å². The molecule has 1 fully saturated rings. The number of carbonyl (C=O) groups excluding carboxylic acids is 4. The number of aromatic nitrogens is 1. The minimum Gasteiger partial charge on any atom is -0.486 e. The molecule has 0 aliphatic carbocycles. The number of hydrogen-bond donors (Lipinski definition) is 0. The molecule has 4 amide bonds. The Kier molecular flexibility index (Phi) is 6.22. The molecular formula is C24H27N3O6. The minimum absolute atomic E-state index is 0.172. The van der Waals surface area contributed by atoms with Crippen LogP contribution in [0.4, 0.5) is 4.79 Å². The van der Waals surface area contributed by atoms with E-state index in [1.54, 1.807) is 6.07 Å². The lowest BCUT2D eigenvalue weighted by Crippen LogP contribution is -2.37. The van der Waals surface area contributed by atoms with Crippen molar-refractivity contribution in [1.82, 2.24) is 14.4 Å². The Morgan fingerprint density at radius 1 is 1.06 bits per heavy atom. The van der Waals surface area contributed by atoms with E-state index in [4.69, 9.17) is 9.47 Å². The Hall–Kier alpha value is -3.62. The lowest BCUT2D eigenvalue weighted by Gasteiger charge is -2.27. The van der Waals surface area contributed by atoms with Gasteiger partial charge in [0.1, 0.15) is 6.61 Å². The van der Waals surface area contributed by atoms with Crippen LogP contribution in [-0.4, -0.2) is 63.8 Å². The van der Waals surface area contributed by atoms with Gasteiger partial charge < -0.3 is 14.0 Å². The molecule has 3 heterocycles. The van der Waals surface area contributed by atoms with Crippen LogP contribution in [0.15, 0.2) is 30.3 Å². The minimum atomic E-state index is -0.954. The summed E-state index contributed by atoms with van der Waals surface area (Å²) in [5, 5.41) is 0. The molecule has 174 valence electrons. The van der Waals surface area contributed by atoms with E-state index >= 15 is 0 Å². The number of nitrogens with zero attached hydrogens (tertiary/aromatic N) is 3. The Morgan fingerprint density at radius 3 is 2.48 bits per heavy atom. The van der Waals surface area contributed by atoms with Crippen LogP contribution in [0.5, 0.6) is 11.5 Å². The second-order valence-corrected chi connectivity index (χ2v) is 8.30. The van der Waals surface area contributed by atoms with Gasteiger partial charge in [-0.2, -0.15) is 0 Å². The van der Waals surface area contributed by atoms with E-state index in [0.717, 1.165) is 21.9 Å². The summed E-state index contributed by atoms with van der Waals surface area (Å²) in [6.07, 6.45) is 1.14. The Morgan fingerprint density at radius 2 is 1.76 bits per heavy atom. The number of amides is 4. The molecule has 1 unspecified atom stereocenters. The maximum Gasteiger partial charge on any atom is 0.334 e. The number of carbonyl (C=O) groups is 4. The predicted molar refractivity (Wildman–Crippen MR) is 118 cm³/mol. The number of rotatable bonds is 8. The number of urea groups is 1. The molecule has 9 nitrogen and oxygen atoms in total. The fourth-order valence-corrected chi connectivity index (χ4v) is 4.15. The van der Waals surface area contributed by atoms with Crippen LogP contribution in [0.25, 0.3) is 0 Å². The van der Waals surface area contributed by atoms with Crippen molar-refractivity contribution in [3.63, 3.8) is 0 Å². The van der Waals surface area contributed by atoms with Crippen LogP contribution in [0, 0.1) is 13.8 Å². The molecule has 1 aromatic carbocycles. The molecule has 2 aliphatic rings. The fourth-order valence-electron chi connectivity index (χ4n) is 4.15. The largest absolute Gasteiger partial charge is 0.486 e. The number of para-hydroxylation sites is 2. The molecule has 1 saturated heterocycles. The van der Waals surface area contributed by atoms with E-state index in [1.165, 1.54) is 0 Å². The Labute approximate surface area is 191 Å². The van der Waals surface area contributed by atoms with E-state index in [0.29, 0.717) is 42.3 Å². The maximum atomic E-state index is 13.0. The molecule has 2 aliphatic heterocycles. The number of Topliss-reactive ketones (excluding diaryl/α,β-unsaturated/α-hetero) is 1. The molecule has 0 bridgehead atoms. The van der Waals surface area contributed by atoms with E-state index in [9.17, 15) is 19.2 Å². The summed E-state index contributed by atoms with van der Waals surface area (Å²) in [4.78, 5) is 51.7. The number of ketones is 1. The number of fused-ring (bicyclic) bond motifs is 1. The van der Waals surface area contributed by atoms with Gasteiger partial charge in [0.15, 0.2) is 23.4 Å². The summed E-state index contributed by atoms with van der Waals surface area (Å²) >= 11 is 0. The highest BCUT2D eigenvalue weighted by molar-refractivity contribution is 6.45. The molecule has 0 saturated carbocycles. The van der Waals surface area contributed by atoms with Crippen LogP contribution in [0.2, 0.25) is 0 Å². The first-order valence-electron chi connectivity index (χ1n) is 11.1. The quantitative estimate of drug-likeness (QED) is 0.346. The number of aryl methyl sites for hydroxylation is 1. The lowest BCUT2D eigenvalue weighted by molar-refractivity contribution is -0.143. The van der Waals surface area contributed by atoms with Gasteiger partial charge in [0.25, 0.3) is 0 Å². The van der Waals surface area contributed by atoms with Gasteiger partial charge >= 0.3 is 17.8 Å². The van der Waals surface area contributed by atoms with Gasteiger partial charge in [-0.25, -0.2) is 9.69 Å². The first-order chi connectivity index (χ1) is 15.8. The van der Waals surface area contributed by atoms with E-state index in [1.807, 2.05) is 49.6 Å². The molecule has 4 rings (SSSR count). The van der Waals surface area contributed by atoms with Crippen molar-refractivity contribution in [2.24, 2.45) is 0 Å². The van der Waals surface area contributed by atoms with Gasteiger partial charge in [0, 0.05) is 23.5 Å². The summed E-state index contributed by atoms with van der Waals surface area (Å²) in [6, 6.07) is 8.46. The Bertz CT molecular complexity index is 1120. The fraction of sp³-hybridized carbons (Fsp3) is 0.417. The zero-order chi connectivity index (χ0) is 23.7. The van der Waals surface area contributed by atoms with Crippen LogP contribution >= 0.6 is 0 Å². The second kappa shape index (κ2) is 9.09. The number of benzene rings is 1. The average molecular weight is 453 g/mol. The summed E-state index contributed by atoms with van der Waals surface area (Å²) in [5.41, 5.74) is 1.95. The van der Waals surface area contributed by atoms with Gasteiger partial charge in [-0.1, -0.05) is 25.5 Å². The lowest BCUT2D eigenvalue weighted by atomic mass is 10.1. The van der Waals surface area contributed by atoms with Crippen molar-refractivity contribution >= 4 is 23.6 Å². The van der Waals surface area contributed by atoms with Crippen molar-refractivity contribution in [2.45, 2.75) is 46.3 Å². The summed E-state index contributed by atoms with van der Waals surface area (Å²) in [5.74, 6) is -0.845. The van der Waals surface area contributed by atoms with E-state index in [2.05, 4.69) is 0 Å². The van der Waals surface area contributed by atoms with Gasteiger partial charge in [-0.15, -0.1) is 0 Å². The number of unbranched alkanes of at least 4 members (excludes halogenated alkanes) is 1. The maximum absolute atomic E-state index is 13.0. The van der Waals surface area contributed by atoms with E-state index < -0.39 is 30.2 Å². The zero-order valence-corrected chi connectivity index (χ0v) is 19.0. The Balaban J connectivity index is 1.47. The normalized spacial score (nSPS) is 17.8. The molecule has 9 heteroatoms.